The van der Waals surface area contributed by atoms with Crippen LogP contribution in [0, 0.1) is 5.92 Å². The number of nitrogen functional groups attached to an aromatic ring is 1. The van der Waals surface area contributed by atoms with Gasteiger partial charge in [-0.3, -0.25) is 9.00 Å². The van der Waals surface area contributed by atoms with Gasteiger partial charge in [0.05, 0.1) is 0 Å². The van der Waals surface area contributed by atoms with E-state index in [0.29, 0.717) is 30.2 Å². The Bertz CT molecular complexity index is 457. The Morgan fingerprint density at radius 1 is 1.25 bits per heavy atom. The van der Waals surface area contributed by atoms with Gasteiger partial charge >= 0.3 is 0 Å². The summed E-state index contributed by atoms with van der Waals surface area (Å²) < 4.78 is 11.9. The third-order valence-electron chi connectivity index (χ3n) is 3.30. The zero-order chi connectivity index (χ0) is 15.1. The number of carbonyl (C=O) groups excluding carboxylic acids is 1. The largest absolute Gasteiger partial charge is 0.399 e. The fraction of sp³-hybridized carbons (Fsp3) is 0.533. The Morgan fingerprint density at radius 2 is 1.85 bits per heavy atom. The lowest BCUT2D eigenvalue weighted by Gasteiger charge is -2.14. The predicted octanol–water partition coefficient (Wildman–Crippen LogP) is 2.78. The molecular formula is C15H24N2O2S. The molecule has 0 fully saturated rings. The maximum atomic E-state index is 11.9. The number of anilines is 2. The summed E-state index contributed by atoms with van der Waals surface area (Å²) >= 11 is 0. The molecule has 1 rings (SSSR count). The number of benzene rings is 1. The molecule has 1 aromatic carbocycles. The molecule has 1 amide bonds. The van der Waals surface area contributed by atoms with Crippen molar-refractivity contribution >= 4 is 28.1 Å². The number of nitrogens with two attached hydrogens (primary N) is 1. The quantitative estimate of drug-likeness (QED) is 0.760. The average molecular weight is 296 g/mol. The molecule has 3 N–H and O–H groups in total. The third kappa shape index (κ3) is 5.74. The summed E-state index contributed by atoms with van der Waals surface area (Å²) in [7, 11) is -0.857. The Labute approximate surface area is 123 Å². The van der Waals surface area contributed by atoms with Crippen LogP contribution in [0.4, 0.5) is 11.4 Å². The van der Waals surface area contributed by atoms with E-state index in [1.165, 1.54) is 0 Å². The molecule has 4 nitrogen and oxygen atoms in total. The minimum absolute atomic E-state index is 0.0519. The van der Waals surface area contributed by atoms with E-state index in [4.69, 9.17) is 5.73 Å². The Morgan fingerprint density at radius 3 is 2.40 bits per heavy atom. The fourth-order valence-electron chi connectivity index (χ4n) is 1.65. The zero-order valence-corrected chi connectivity index (χ0v) is 13.2. The lowest BCUT2D eigenvalue weighted by atomic mass is 10.2. The number of hydrogen-bond donors (Lipinski definition) is 2. The summed E-state index contributed by atoms with van der Waals surface area (Å²) in [5.74, 6) is 0.928. The van der Waals surface area contributed by atoms with E-state index in [0.717, 1.165) is 5.69 Å². The molecule has 0 saturated carbocycles. The Kier molecular flexibility index (Phi) is 6.71. The molecule has 112 valence electrons. The van der Waals surface area contributed by atoms with Gasteiger partial charge in [-0.15, -0.1) is 0 Å². The van der Waals surface area contributed by atoms with Crippen molar-refractivity contribution in [3.63, 3.8) is 0 Å². The second-order valence-corrected chi connectivity index (χ2v) is 7.22. The highest BCUT2D eigenvalue weighted by Crippen LogP contribution is 2.12. The van der Waals surface area contributed by atoms with Crippen LogP contribution < -0.4 is 11.1 Å². The van der Waals surface area contributed by atoms with Crippen LogP contribution >= 0.6 is 0 Å². The standard InChI is InChI=1S/C15H24N2O2S/c1-11(2)12(3)20(19)10-4-5-15(18)17-14-8-6-13(16)7-9-14/h6-9,11-12H,4-5,10,16H2,1-3H3,(H,17,18). The van der Waals surface area contributed by atoms with Crippen LogP contribution in [0.1, 0.15) is 33.6 Å². The van der Waals surface area contributed by atoms with Crippen molar-refractivity contribution < 1.29 is 9.00 Å². The topological polar surface area (TPSA) is 72.2 Å². The molecular weight excluding hydrogens is 272 g/mol. The van der Waals surface area contributed by atoms with Crippen LogP contribution in [0.3, 0.4) is 0 Å². The van der Waals surface area contributed by atoms with Gasteiger partial charge in [0.1, 0.15) is 0 Å². The van der Waals surface area contributed by atoms with E-state index in [1.807, 2.05) is 6.92 Å². The Balaban J connectivity index is 2.30. The van der Waals surface area contributed by atoms with Crippen molar-refractivity contribution in [1.82, 2.24) is 0 Å². The van der Waals surface area contributed by atoms with E-state index in [9.17, 15) is 9.00 Å². The van der Waals surface area contributed by atoms with Crippen LogP contribution in [-0.4, -0.2) is 21.1 Å². The summed E-state index contributed by atoms with van der Waals surface area (Å²) in [6.07, 6.45) is 1.03. The van der Waals surface area contributed by atoms with Crippen molar-refractivity contribution in [2.45, 2.75) is 38.9 Å². The molecule has 0 aliphatic carbocycles. The molecule has 0 saturated heterocycles. The highest BCUT2D eigenvalue weighted by molar-refractivity contribution is 7.85. The van der Waals surface area contributed by atoms with E-state index in [2.05, 4.69) is 19.2 Å². The molecule has 0 aliphatic heterocycles. The molecule has 0 bridgehead atoms. The third-order valence-corrected chi connectivity index (χ3v) is 5.36. The summed E-state index contributed by atoms with van der Waals surface area (Å²) in [5, 5.41) is 2.98. The molecule has 1 aromatic rings. The van der Waals surface area contributed by atoms with Gasteiger partial charge in [0.25, 0.3) is 0 Å². The SMILES string of the molecule is CC(C)C(C)S(=O)CCCC(=O)Nc1ccc(N)cc1. The molecule has 20 heavy (non-hydrogen) atoms. The second-order valence-electron chi connectivity index (χ2n) is 5.31. The van der Waals surface area contributed by atoms with Crippen molar-refractivity contribution in [1.29, 1.82) is 0 Å². The smallest absolute Gasteiger partial charge is 0.224 e. The van der Waals surface area contributed by atoms with Crippen LogP contribution in [0.5, 0.6) is 0 Å². The molecule has 0 aromatic heterocycles. The zero-order valence-electron chi connectivity index (χ0n) is 12.4. The minimum atomic E-state index is -0.857. The first-order chi connectivity index (χ1) is 9.40. The van der Waals surface area contributed by atoms with Crippen molar-refractivity contribution in [3.8, 4) is 0 Å². The van der Waals surface area contributed by atoms with Gasteiger partial charge in [-0.2, -0.15) is 0 Å². The molecule has 0 radical (unpaired) electrons. The van der Waals surface area contributed by atoms with Crippen molar-refractivity contribution in [3.05, 3.63) is 24.3 Å². The lowest BCUT2D eigenvalue weighted by Crippen LogP contribution is -2.21. The molecule has 0 spiro atoms. The van der Waals surface area contributed by atoms with Gasteiger partial charge in [0.2, 0.25) is 5.91 Å². The summed E-state index contributed by atoms with van der Waals surface area (Å²) in [4.78, 5) is 11.7. The summed E-state index contributed by atoms with van der Waals surface area (Å²) in [6, 6.07) is 7.03. The second kappa shape index (κ2) is 8.04. The monoisotopic (exact) mass is 296 g/mol. The van der Waals surface area contributed by atoms with Gasteiger partial charge in [-0.1, -0.05) is 20.8 Å². The van der Waals surface area contributed by atoms with Crippen LogP contribution in [0.25, 0.3) is 0 Å². The summed E-state index contributed by atoms with van der Waals surface area (Å²) in [5.41, 5.74) is 6.98. The highest BCUT2D eigenvalue weighted by atomic mass is 32.2. The van der Waals surface area contributed by atoms with Crippen LogP contribution in [0.2, 0.25) is 0 Å². The normalized spacial score (nSPS) is 14.0. The van der Waals surface area contributed by atoms with Crippen LogP contribution in [-0.2, 0) is 15.6 Å². The van der Waals surface area contributed by atoms with E-state index in [1.54, 1.807) is 24.3 Å². The maximum Gasteiger partial charge on any atom is 0.224 e. The average Bonchev–Trinajstić information content (AvgIpc) is 2.40. The van der Waals surface area contributed by atoms with Gasteiger partial charge in [-0.05, 0) is 36.6 Å². The first-order valence-electron chi connectivity index (χ1n) is 6.92. The minimum Gasteiger partial charge on any atom is -0.399 e. The Hall–Kier alpha value is -1.36. The number of rotatable bonds is 7. The van der Waals surface area contributed by atoms with Crippen LogP contribution in [0.15, 0.2) is 24.3 Å². The van der Waals surface area contributed by atoms with E-state index >= 15 is 0 Å². The molecule has 2 unspecified atom stereocenters. The lowest BCUT2D eigenvalue weighted by molar-refractivity contribution is -0.116. The molecule has 0 aliphatic rings. The van der Waals surface area contributed by atoms with Crippen molar-refractivity contribution in [2.24, 2.45) is 5.92 Å². The molecule has 5 heteroatoms. The van der Waals surface area contributed by atoms with Crippen molar-refractivity contribution in [2.75, 3.05) is 16.8 Å². The maximum absolute atomic E-state index is 11.9. The number of nitrogens with one attached hydrogen (secondary N) is 1. The van der Waals surface area contributed by atoms with Gasteiger partial charge in [-0.25, -0.2) is 0 Å². The molecule has 2 atom stereocenters. The predicted molar refractivity (Wildman–Crippen MR) is 86.0 cm³/mol. The number of amides is 1. The van der Waals surface area contributed by atoms with Gasteiger partial charge < -0.3 is 11.1 Å². The summed E-state index contributed by atoms with van der Waals surface area (Å²) in [6.45, 7) is 6.13. The van der Waals surface area contributed by atoms with E-state index < -0.39 is 10.8 Å². The molecule has 0 heterocycles. The van der Waals surface area contributed by atoms with Gasteiger partial charge in [0.15, 0.2) is 0 Å². The van der Waals surface area contributed by atoms with Gasteiger partial charge in [0, 0.05) is 39.6 Å². The number of carbonyl (C=O) groups is 1. The number of hydrogen-bond acceptors (Lipinski definition) is 3. The van der Waals surface area contributed by atoms with E-state index in [-0.39, 0.29) is 11.2 Å². The first-order valence-corrected chi connectivity index (χ1v) is 8.31. The first kappa shape index (κ1) is 16.7. The highest BCUT2D eigenvalue weighted by Gasteiger charge is 2.15. The fourth-order valence-corrected chi connectivity index (χ4v) is 3.06.